The van der Waals surface area contributed by atoms with Crippen LogP contribution in [0.25, 0.3) is 0 Å². The van der Waals surface area contributed by atoms with E-state index in [1.54, 1.807) is 0 Å². The predicted molar refractivity (Wildman–Crippen MR) is 110 cm³/mol. The molecule has 2 aliphatic carbocycles. The second-order valence-corrected chi connectivity index (χ2v) is 8.18. The van der Waals surface area contributed by atoms with Crippen LogP contribution in [0, 0.1) is 11.3 Å². The van der Waals surface area contributed by atoms with Crippen molar-refractivity contribution in [3.05, 3.63) is 29.8 Å². The summed E-state index contributed by atoms with van der Waals surface area (Å²) in [5, 5.41) is 9.37. The van der Waals surface area contributed by atoms with Crippen molar-refractivity contribution >= 4 is 24.2 Å². The Morgan fingerprint density at radius 3 is 2.54 bits per heavy atom. The molecule has 1 aromatic rings. The van der Waals surface area contributed by atoms with Crippen LogP contribution in [-0.4, -0.2) is 44.1 Å². The Labute approximate surface area is 172 Å². The van der Waals surface area contributed by atoms with Gasteiger partial charge in [-0.25, -0.2) is 0 Å². The number of amides is 2. The van der Waals surface area contributed by atoms with E-state index in [2.05, 4.69) is 16.0 Å². The Hall–Kier alpha value is -1.79. The molecule has 1 saturated heterocycles. The predicted octanol–water partition coefficient (Wildman–Crippen LogP) is 1.81. The minimum absolute atomic E-state index is 0. The summed E-state index contributed by atoms with van der Waals surface area (Å²) in [5.74, 6) is 1.08. The largest absolute Gasteiger partial charge is 0.484 e. The molecule has 3 fully saturated rings. The lowest BCUT2D eigenvalue weighted by atomic mass is 9.92. The fourth-order valence-corrected chi connectivity index (χ4v) is 4.05. The van der Waals surface area contributed by atoms with E-state index in [1.165, 1.54) is 0 Å². The molecule has 3 N–H and O–H groups in total. The van der Waals surface area contributed by atoms with Crippen molar-refractivity contribution in [2.75, 3.05) is 26.2 Å². The van der Waals surface area contributed by atoms with Gasteiger partial charge in [0.15, 0.2) is 6.61 Å². The third-order valence-corrected chi connectivity index (χ3v) is 6.05. The van der Waals surface area contributed by atoms with Crippen LogP contribution in [0.15, 0.2) is 24.3 Å². The summed E-state index contributed by atoms with van der Waals surface area (Å²) >= 11 is 0. The lowest BCUT2D eigenvalue weighted by Gasteiger charge is -2.23. The first-order valence-corrected chi connectivity index (χ1v) is 10.1. The molecular weight excluding hydrogens is 378 g/mol. The summed E-state index contributed by atoms with van der Waals surface area (Å²) < 4.78 is 5.51. The minimum Gasteiger partial charge on any atom is -0.484 e. The first-order valence-electron chi connectivity index (χ1n) is 10.1. The lowest BCUT2D eigenvalue weighted by molar-refractivity contribution is -0.124. The molecule has 2 amide bonds. The lowest BCUT2D eigenvalue weighted by Crippen LogP contribution is -2.34. The maximum absolute atomic E-state index is 12.4. The molecule has 6 nitrogen and oxygen atoms in total. The maximum Gasteiger partial charge on any atom is 0.258 e. The highest BCUT2D eigenvalue weighted by Crippen LogP contribution is 2.58. The van der Waals surface area contributed by atoms with Gasteiger partial charge >= 0.3 is 0 Å². The molecule has 4 rings (SSSR count). The third-order valence-electron chi connectivity index (χ3n) is 6.05. The Morgan fingerprint density at radius 1 is 1.14 bits per heavy atom. The highest BCUT2D eigenvalue weighted by Gasteiger charge is 2.57. The first-order chi connectivity index (χ1) is 13.1. The van der Waals surface area contributed by atoms with Gasteiger partial charge < -0.3 is 20.7 Å². The normalized spacial score (nSPS) is 22.1. The van der Waals surface area contributed by atoms with Crippen LogP contribution in [0.1, 0.15) is 37.7 Å². The van der Waals surface area contributed by atoms with Crippen molar-refractivity contribution in [3.8, 4) is 5.75 Å². The smallest absolute Gasteiger partial charge is 0.258 e. The van der Waals surface area contributed by atoms with Crippen molar-refractivity contribution < 1.29 is 14.3 Å². The molecular formula is C21H30ClN3O3. The molecule has 2 saturated carbocycles. The van der Waals surface area contributed by atoms with Crippen molar-refractivity contribution in [1.29, 1.82) is 0 Å². The molecule has 1 spiro atoms. The van der Waals surface area contributed by atoms with Gasteiger partial charge in [-0.05, 0) is 74.7 Å². The van der Waals surface area contributed by atoms with Gasteiger partial charge in [0.05, 0.1) is 0 Å². The van der Waals surface area contributed by atoms with E-state index < -0.39 is 0 Å². The van der Waals surface area contributed by atoms with Crippen molar-refractivity contribution in [2.24, 2.45) is 11.3 Å². The Morgan fingerprint density at radius 2 is 1.86 bits per heavy atom. The van der Waals surface area contributed by atoms with Crippen LogP contribution in [0.5, 0.6) is 5.75 Å². The fourth-order valence-electron chi connectivity index (χ4n) is 4.05. The minimum atomic E-state index is -0.0594. The fraction of sp³-hybridized carbons (Fsp3) is 0.619. The number of halogens is 1. The number of hydrogen-bond acceptors (Lipinski definition) is 4. The van der Waals surface area contributed by atoms with Crippen LogP contribution in [-0.2, 0) is 16.0 Å². The average molecular weight is 408 g/mol. The standard InChI is InChI=1S/C21H29N3O3.ClH/c25-19(24-16-3-4-16)14-27-17-5-1-15(2-6-17)7-10-23-20(26)18-13-21(18)8-11-22-12-9-21;/h1-2,5-6,16,18,22H,3-4,7-14H2,(H,23,26)(H,24,25);1H. The zero-order valence-corrected chi connectivity index (χ0v) is 17.0. The zero-order chi connectivity index (χ0) is 18.7. The number of ether oxygens (including phenoxy) is 1. The summed E-state index contributed by atoms with van der Waals surface area (Å²) in [4.78, 5) is 24.0. The number of nitrogens with one attached hydrogen (secondary N) is 3. The summed E-state index contributed by atoms with van der Waals surface area (Å²) in [6, 6.07) is 8.11. The molecule has 0 aromatic heterocycles. The molecule has 1 unspecified atom stereocenters. The van der Waals surface area contributed by atoms with Gasteiger partial charge in [0.25, 0.3) is 5.91 Å². The van der Waals surface area contributed by atoms with E-state index in [-0.39, 0.29) is 36.7 Å². The summed E-state index contributed by atoms with van der Waals surface area (Å²) in [6.07, 6.45) is 6.28. The van der Waals surface area contributed by atoms with E-state index in [4.69, 9.17) is 4.74 Å². The Kier molecular flexibility index (Phi) is 6.83. The van der Waals surface area contributed by atoms with Gasteiger partial charge in [-0.1, -0.05) is 12.1 Å². The monoisotopic (exact) mass is 407 g/mol. The number of piperidine rings is 1. The quantitative estimate of drug-likeness (QED) is 0.614. The number of carbonyl (C=O) groups excluding carboxylic acids is 2. The molecule has 1 heterocycles. The maximum atomic E-state index is 12.4. The zero-order valence-electron chi connectivity index (χ0n) is 16.2. The van der Waals surface area contributed by atoms with E-state index in [0.29, 0.717) is 23.8 Å². The summed E-state index contributed by atoms with van der Waals surface area (Å²) in [6.45, 7) is 2.80. The molecule has 7 heteroatoms. The van der Waals surface area contributed by atoms with Crippen LogP contribution >= 0.6 is 12.4 Å². The molecule has 1 aromatic carbocycles. The second kappa shape index (κ2) is 9.14. The van der Waals surface area contributed by atoms with Crippen LogP contribution in [0.4, 0.5) is 0 Å². The van der Waals surface area contributed by atoms with Crippen molar-refractivity contribution in [1.82, 2.24) is 16.0 Å². The van der Waals surface area contributed by atoms with E-state index in [0.717, 1.165) is 57.2 Å². The van der Waals surface area contributed by atoms with Gasteiger partial charge in [0.2, 0.25) is 5.91 Å². The summed E-state index contributed by atoms with van der Waals surface area (Å²) in [7, 11) is 0. The Bertz CT molecular complexity index is 685. The van der Waals surface area contributed by atoms with Gasteiger partial charge in [-0.15, -0.1) is 12.4 Å². The number of carbonyl (C=O) groups is 2. The molecule has 28 heavy (non-hydrogen) atoms. The van der Waals surface area contributed by atoms with Crippen LogP contribution < -0.4 is 20.7 Å². The van der Waals surface area contributed by atoms with Gasteiger partial charge in [0, 0.05) is 18.5 Å². The highest BCUT2D eigenvalue weighted by molar-refractivity contribution is 5.85. The summed E-state index contributed by atoms with van der Waals surface area (Å²) in [5.41, 5.74) is 1.44. The highest BCUT2D eigenvalue weighted by atomic mass is 35.5. The number of hydrogen-bond donors (Lipinski definition) is 3. The molecule has 3 aliphatic rings. The van der Waals surface area contributed by atoms with E-state index in [1.807, 2.05) is 24.3 Å². The van der Waals surface area contributed by atoms with Crippen LogP contribution in [0.2, 0.25) is 0 Å². The van der Waals surface area contributed by atoms with E-state index in [9.17, 15) is 9.59 Å². The number of benzene rings is 1. The second-order valence-electron chi connectivity index (χ2n) is 8.18. The van der Waals surface area contributed by atoms with E-state index >= 15 is 0 Å². The molecule has 0 radical (unpaired) electrons. The van der Waals surface area contributed by atoms with Crippen molar-refractivity contribution in [2.45, 2.75) is 44.6 Å². The van der Waals surface area contributed by atoms with Gasteiger partial charge in [-0.3, -0.25) is 9.59 Å². The van der Waals surface area contributed by atoms with Crippen molar-refractivity contribution in [3.63, 3.8) is 0 Å². The van der Waals surface area contributed by atoms with Gasteiger partial charge in [-0.2, -0.15) is 0 Å². The SMILES string of the molecule is Cl.O=C(COc1ccc(CCNC(=O)C2CC23CCNCC3)cc1)NC1CC1. The first kappa shape index (κ1) is 20.9. The molecule has 0 bridgehead atoms. The topological polar surface area (TPSA) is 79.5 Å². The third kappa shape index (κ3) is 5.39. The molecule has 1 atom stereocenters. The molecule has 154 valence electrons. The number of rotatable bonds is 8. The van der Waals surface area contributed by atoms with Gasteiger partial charge in [0.1, 0.15) is 5.75 Å². The Balaban J connectivity index is 0.00000225. The molecule has 1 aliphatic heterocycles. The average Bonchev–Trinajstić information content (AvgIpc) is 3.60. The van der Waals surface area contributed by atoms with Crippen LogP contribution in [0.3, 0.4) is 0 Å².